The monoisotopic (exact) mass is 343 g/mol. The van der Waals surface area contributed by atoms with Crippen LogP contribution >= 0.6 is 0 Å². The summed E-state index contributed by atoms with van der Waals surface area (Å²) in [4.78, 5) is 4.51. The average Bonchev–Trinajstić information content (AvgIpc) is 2.93. The van der Waals surface area contributed by atoms with Crippen molar-refractivity contribution in [2.45, 2.75) is 12.5 Å². The molecule has 3 rings (SSSR count). The highest BCUT2D eigenvalue weighted by molar-refractivity contribution is 7.91. The van der Waals surface area contributed by atoms with Crippen LogP contribution in [0.5, 0.6) is 5.75 Å². The van der Waals surface area contributed by atoms with E-state index in [-0.39, 0.29) is 17.5 Å². The van der Waals surface area contributed by atoms with Crippen LogP contribution in [0.3, 0.4) is 0 Å². The fourth-order valence-electron chi connectivity index (χ4n) is 2.68. The van der Waals surface area contributed by atoms with Gasteiger partial charge in [-0.1, -0.05) is 0 Å². The van der Waals surface area contributed by atoms with Crippen molar-refractivity contribution in [1.29, 1.82) is 5.26 Å². The summed E-state index contributed by atoms with van der Waals surface area (Å²) in [6, 6.07) is 12.8. The summed E-state index contributed by atoms with van der Waals surface area (Å²) >= 11 is 0. The second-order valence-corrected chi connectivity index (χ2v) is 7.91. The number of rotatable bonds is 4. The molecule has 24 heavy (non-hydrogen) atoms. The molecule has 7 heteroatoms. The zero-order valence-corrected chi connectivity index (χ0v) is 14.0. The molecule has 124 valence electrons. The van der Waals surface area contributed by atoms with Crippen LogP contribution < -0.4 is 10.1 Å². The van der Waals surface area contributed by atoms with E-state index in [4.69, 9.17) is 4.74 Å². The Morgan fingerprint density at radius 1 is 1.25 bits per heavy atom. The average molecular weight is 343 g/mol. The maximum Gasteiger partial charge on any atom is 0.152 e. The first-order valence-electron chi connectivity index (χ1n) is 7.53. The molecule has 6 nitrogen and oxygen atoms in total. The number of sulfone groups is 1. The number of pyridine rings is 1. The van der Waals surface area contributed by atoms with Crippen molar-refractivity contribution in [3.8, 4) is 23.1 Å². The molecular formula is C17H17N3O3S. The van der Waals surface area contributed by atoms with Crippen molar-refractivity contribution in [1.82, 2.24) is 4.98 Å². The number of hydrogen-bond donors (Lipinski definition) is 1. The van der Waals surface area contributed by atoms with E-state index in [1.54, 1.807) is 19.2 Å². The molecule has 1 aliphatic rings. The molecule has 1 aliphatic heterocycles. The first-order chi connectivity index (χ1) is 11.5. The van der Waals surface area contributed by atoms with Crippen LogP contribution in [-0.2, 0) is 9.84 Å². The number of methoxy groups -OCH3 is 1. The minimum atomic E-state index is -2.99. The number of ether oxygens (including phenoxy) is 1. The number of hydrogen-bond acceptors (Lipinski definition) is 6. The molecule has 0 amide bonds. The number of anilines is 1. The normalized spacial score (nSPS) is 18.8. The van der Waals surface area contributed by atoms with Gasteiger partial charge in [-0.3, -0.25) is 0 Å². The Labute approximate surface area is 141 Å². The first kappa shape index (κ1) is 16.3. The molecule has 1 saturated heterocycles. The van der Waals surface area contributed by atoms with E-state index in [1.165, 1.54) is 0 Å². The maximum atomic E-state index is 11.6. The van der Waals surface area contributed by atoms with E-state index < -0.39 is 9.84 Å². The van der Waals surface area contributed by atoms with Gasteiger partial charge in [0, 0.05) is 11.6 Å². The fourth-order valence-corrected chi connectivity index (χ4v) is 4.36. The Balaban J connectivity index is 1.89. The van der Waals surface area contributed by atoms with E-state index in [1.807, 2.05) is 24.3 Å². The first-order valence-corrected chi connectivity index (χ1v) is 9.35. The highest BCUT2D eigenvalue weighted by atomic mass is 32.2. The maximum absolute atomic E-state index is 11.6. The quantitative estimate of drug-likeness (QED) is 0.915. The van der Waals surface area contributed by atoms with Gasteiger partial charge in [0.1, 0.15) is 17.6 Å². The highest BCUT2D eigenvalue weighted by Crippen LogP contribution is 2.25. The number of benzene rings is 1. The summed E-state index contributed by atoms with van der Waals surface area (Å²) in [5.41, 5.74) is 2.00. The Hall–Kier alpha value is -2.59. The van der Waals surface area contributed by atoms with Crippen LogP contribution in [0.4, 0.5) is 5.82 Å². The highest BCUT2D eigenvalue weighted by Gasteiger charge is 2.28. The van der Waals surface area contributed by atoms with Crippen LogP contribution in [-0.4, -0.2) is 38.1 Å². The molecule has 0 saturated carbocycles. The van der Waals surface area contributed by atoms with Crippen LogP contribution in [0.1, 0.15) is 12.0 Å². The molecule has 2 heterocycles. The van der Waals surface area contributed by atoms with Crippen LogP contribution in [0, 0.1) is 11.3 Å². The Bertz CT molecular complexity index is 886. The summed E-state index contributed by atoms with van der Waals surface area (Å²) < 4.78 is 28.3. The molecular weight excluding hydrogens is 326 g/mol. The van der Waals surface area contributed by atoms with E-state index in [9.17, 15) is 13.7 Å². The molecule has 0 spiro atoms. The van der Waals surface area contributed by atoms with Gasteiger partial charge in [0.15, 0.2) is 9.84 Å². The SMILES string of the molecule is COc1ccc(-c2ccc(C#N)c(N[C@@H]3CCS(=O)(=O)C3)n2)cc1. The van der Waals surface area contributed by atoms with E-state index >= 15 is 0 Å². The molecule has 0 radical (unpaired) electrons. The van der Waals surface area contributed by atoms with E-state index in [2.05, 4.69) is 16.4 Å². The number of nitriles is 1. The molecule has 0 unspecified atom stereocenters. The molecule has 0 bridgehead atoms. The molecule has 1 atom stereocenters. The van der Waals surface area contributed by atoms with Gasteiger partial charge in [-0.25, -0.2) is 13.4 Å². The minimum Gasteiger partial charge on any atom is -0.497 e. The molecule has 0 aliphatic carbocycles. The van der Waals surface area contributed by atoms with Gasteiger partial charge in [0.25, 0.3) is 0 Å². The smallest absolute Gasteiger partial charge is 0.152 e. The van der Waals surface area contributed by atoms with Crippen LogP contribution in [0.2, 0.25) is 0 Å². The zero-order valence-electron chi connectivity index (χ0n) is 13.2. The second kappa shape index (κ2) is 6.49. The molecule has 1 N–H and O–H groups in total. The van der Waals surface area contributed by atoms with Crippen LogP contribution in [0.15, 0.2) is 36.4 Å². The zero-order chi connectivity index (χ0) is 17.2. The summed E-state index contributed by atoms with van der Waals surface area (Å²) in [6.07, 6.45) is 0.529. The Morgan fingerprint density at radius 3 is 2.58 bits per heavy atom. The number of aromatic nitrogens is 1. The summed E-state index contributed by atoms with van der Waals surface area (Å²) in [7, 11) is -1.39. The minimum absolute atomic E-state index is 0.0757. The number of nitrogens with zero attached hydrogens (tertiary/aromatic N) is 2. The summed E-state index contributed by atoms with van der Waals surface area (Å²) in [5.74, 6) is 1.42. The summed E-state index contributed by atoms with van der Waals surface area (Å²) in [5, 5.41) is 12.4. The van der Waals surface area contributed by atoms with Crippen molar-refractivity contribution >= 4 is 15.7 Å². The molecule has 1 aromatic carbocycles. The van der Waals surface area contributed by atoms with Gasteiger partial charge >= 0.3 is 0 Å². The third-order valence-electron chi connectivity index (χ3n) is 3.97. The van der Waals surface area contributed by atoms with Crippen molar-refractivity contribution in [2.75, 3.05) is 23.9 Å². The van der Waals surface area contributed by atoms with Crippen molar-refractivity contribution < 1.29 is 13.2 Å². The lowest BCUT2D eigenvalue weighted by Gasteiger charge is -2.14. The van der Waals surface area contributed by atoms with E-state index in [0.29, 0.717) is 23.5 Å². The largest absolute Gasteiger partial charge is 0.497 e. The van der Waals surface area contributed by atoms with Gasteiger partial charge in [0.2, 0.25) is 0 Å². The predicted molar refractivity (Wildman–Crippen MR) is 91.6 cm³/mol. The summed E-state index contributed by atoms with van der Waals surface area (Å²) in [6.45, 7) is 0. The van der Waals surface area contributed by atoms with E-state index in [0.717, 1.165) is 11.3 Å². The standard InChI is InChI=1S/C17H17N3O3S/c1-23-15-5-2-12(3-6-15)16-7-4-13(10-18)17(20-16)19-14-8-9-24(21,22)11-14/h2-7,14H,8-9,11H2,1H3,(H,19,20)/t14-/m1/s1. The van der Waals surface area contributed by atoms with Crippen molar-refractivity contribution in [3.63, 3.8) is 0 Å². The topological polar surface area (TPSA) is 92.1 Å². The van der Waals surface area contributed by atoms with Crippen molar-refractivity contribution in [2.24, 2.45) is 0 Å². The van der Waals surface area contributed by atoms with Gasteiger partial charge in [-0.05, 0) is 42.8 Å². The molecule has 2 aromatic rings. The van der Waals surface area contributed by atoms with Crippen LogP contribution in [0.25, 0.3) is 11.3 Å². The van der Waals surface area contributed by atoms with Gasteiger partial charge < -0.3 is 10.1 Å². The molecule has 1 aromatic heterocycles. The third kappa shape index (κ3) is 3.49. The van der Waals surface area contributed by atoms with Gasteiger partial charge in [-0.15, -0.1) is 0 Å². The molecule has 1 fully saturated rings. The fraction of sp³-hybridized carbons (Fsp3) is 0.294. The third-order valence-corrected chi connectivity index (χ3v) is 5.74. The number of nitrogens with one attached hydrogen (secondary N) is 1. The Morgan fingerprint density at radius 2 is 2.00 bits per heavy atom. The van der Waals surface area contributed by atoms with Gasteiger partial charge in [0.05, 0.1) is 29.9 Å². The van der Waals surface area contributed by atoms with Gasteiger partial charge in [-0.2, -0.15) is 5.26 Å². The predicted octanol–water partition coefficient (Wildman–Crippen LogP) is 2.23. The second-order valence-electron chi connectivity index (χ2n) is 5.68. The lowest BCUT2D eigenvalue weighted by atomic mass is 10.1. The lowest BCUT2D eigenvalue weighted by Crippen LogP contribution is -2.22. The Kier molecular flexibility index (Phi) is 4.40. The lowest BCUT2D eigenvalue weighted by molar-refractivity contribution is 0.415. The van der Waals surface area contributed by atoms with Crippen molar-refractivity contribution in [3.05, 3.63) is 42.0 Å².